The summed E-state index contributed by atoms with van der Waals surface area (Å²) >= 11 is 14.1. The normalized spacial score (nSPS) is 20.1. The van der Waals surface area contributed by atoms with E-state index in [1.807, 2.05) is 22.9 Å². The van der Waals surface area contributed by atoms with Crippen molar-refractivity contribution >= 4 is 46.4 Å². The minimum absolute atomic E-state index is 0.0166. The first-order chi connectivity index (χ1) is 11.1. The number of anilines is 2. The van der Waals surface area contributed by atoms with Gasteiger partial charge in [-0.05, 0) is 35.6 Å². The molecule has 118 valence electrons. The summed E-state index contributed by atoms with van der Waals surface area (Å²) < 4.78 is 1.85. The van der Waals surface area contributed by atoms with Crippen molar-refractivity contribution in [3.05, 3.63) is 56.2 Å². The molecule has 5 nitrogen and oxygen atoms in total. The third-order valence-electron chi connectivity index (χ3n) is 3.91. The lowest BCUT2D eigenvalue weighted by Crippen LogP contribution is -2.27. The third kappa shape index (κ3) is 2.67. The van der Waals surface area contributed by atoms with Gasteiger partial charge in [-0.15, -0.1) is 16.4 Å². The maximum Gasteiger partial charge on any atom is 0.241 e. The molecule has 0 aliphatic carbocycles. The standard InChI is InChI=1S/C15H13Cl2N5S/c16-8-3-4-9(10(17)6-8)11-7-12(13-2-1-5-23-13)22-15(19-11)20-14(18)21-22/h1-6,11-12H,7H2,(H3,18,19,20,21)/t11-,12-/m0/s1. The molecule has 23 heavy (non-hydrogen) atoms. The summed E-state index contributed by atoms with van der Waals surface area (Å²) in [5.74, 6) is 0.917. The fourth-order valence-electron chi connectivity index (χ4n) is 2.90. The maximum absolute atomic E-state index is 6.38. The summed E-state index contributed by atoms with van der Waals surface area (Å²) in [5.41, 5.74) is 6.78. The fraction of sp³-hybridized carbons (Fsp3) is 0.200. The Balaban J connectivity index is 1.77. The Hall–Kier alpha value is -1.76. The highest BCUT2D eigenvalue weighted by molar-refractivity contribution is 7.10. The number of nitrogen functional groups attached to an aromatic ring is 1. The van der Waals surface area contributed by atoms with Crippen molar-refractivity contribution < 1.29 is 0 Å². The van der Waals surface area contributed by atoms with E-state index in [9.17, 15) is 0 Å². The summed E-state index contributed by atoms with van der Waals surface area (Å²) in [6.45, 7) is 0. The predicted molar refractivity (Wildman–Crippen MR) is 94.3 cm³/mol. The van der Waals surface area contributed by atoms with Gasteiger partial charge in [0.2, 0.25) is 11.9 Å². The number of halogens is 2. The van der Waals surface area contributed by atoms with Crippen molar-refractivity contribution in [2.45, 2.75) is 18.5 Å². The van der Waals surface area contributed by atoms with Gasteiger partial charge in [0, 0.05) is 14.9 Å². The number of hydrogen-bond donors (Lipinski definition) is 2. The molecule has 0 saturated carbocycles. The number of fused-ring (bicyclic) bond motifs is 1. The molecule has 0 saturated heterocycles. The molecule has 0 fully saturated rings. The summed E-state index contributed by atoms with van der Waals surface area (Å²) in [7, 11) is 0. The predicted octanol–water partition coefficient (Wildman–Crippen LogP) is 4.37. The molecule has 1 aromatic carbocycles. The number of nitrogens with one attached hydrogen (secondary N) is 1. The zero-order valence-corrected chi connectivity index (χ0v) is 14.2. The lowest BCUT2D eigenvalue weighted by molar-refractivity contribution is 0.437. The molecule has 8 heteroatoms. The first-order valence-corrected chi connectivity index (χ1v) is 8.72. The van der Waals surface area contributed by atoms with Gasteiger partial charge < -0.3 is 11.1 Å². The number of hydrogen-bond acceptors (Lipinski definition) is 5. The SMILES string of the molecule is Nc1nc2n(n1)[C@H](c1cccs1)C[C@@H](c1ccc(Cl)cc1Cl)N2. The molecule has 1 aliphatic rings. The van der Waals surface area contributed by atoms with Gasteiger partial charge in [0.05, 0.1) is 12.1 Å². The monoisotopic (exact) mass is 365 g/mol. The molecule has 3 heterocycles. The number of rotatable bonds is 2. The largest absolute Gasteiger partial charge is 0.366 e. The van der Waals surface area contributed by atoms with Crippen LogP contribution in [-0.2, 0) is 0 Å². The van der Waals surface area contributed by atoms with Crippen molar-refractivity contribution in [3.8, 4) is 0 Å². The topological polar surface area (TPSA) is 68.8 Å². The summed E-state index contributed by atoms with van der Waals surface area (Å²) in [6, 6.07) is 9.78. The molecular formula is C15H13Cl2N5S. The zero-order valence-electron chi connectivity index (χ0n) is 11.9. The molecule has 4 rings (SSSR count). The zero-order chi connectivity index (χ0) is 16.0. The smallest absolute Gasteiger partial charge is 0.241 e. The summed E-state index contributed by atoms with van der Waals surface area (Å²) in [6.07, 6.45) is 0.803. The molecule has 0 spiro atoms. The van der Waals surface area contributed by atoms with E-state index in [2.05, 4.69) is 26.8 Å². The summed E-state index contributed by atoms with van der Waals surface area (Å²) in [5, 5.41) is 11.0. The molecule has 2 aromatic heterocycles. The molecule has 0 amide bonds. The van der Waals surface area contributed by atoms with Crippen LogP contribution in [-0.4, -0.2) is 14.8 Å². The molecule has 2 atom stereocenters. The van der Waals surface area contributed by atoms with Crippen molar-refractivity contribution in [1.82, 2.24) is 14.8 Å². The Morgan fingerprint density at radius 3 is 2.91 bits per heavy atom. The van der Waals surface area contributed by atoms with Crippen molar-refractivity contribution in [1.29, 1.82) is 0 Å². The van der Waals surface area contributed by atoms with Crippen molar-refractivity contribution in [2.75, 3.05) is 11.1 Å². The van der Waals surface area contributed by atoms with Gasteiger partial charge in [0.15, 0.2) is 0 Å². The quantitative estimate of drug-likeness (QED) is 0.707. The van der Waals surface area contributed by atoms with Crippen LogP contribution < -0.4 is 11.1 Å². The second-order valence-corrected chi connectivity index (χ2v) is 7.19. The first-order valence-electron chi connectivity index (χ1n) is 7.08. The molecule has 3 aromatic rings. The summed E-state index contributed by atoms with van der Waals surface area (Å²) in [4.78, 5) is 5.50. The highest BCUT2D eigenvalue weighted by Crippen LogP contribution is 2.41. The number of aromatic nitrogens is 3. The van der Waals surface area contributed by atoms with Crippen LogP contribution in [0.25, 0.3) is 0 Å². The van der Waals surface area contributed by atoms with Crippen molar-refractivity contribution in [3.63, 3.8) is 0 Å². The van der Waals surface area contributed by atoms with Gasteiger partial charge in [-0.1, -0.05) is 35.3 Å². The highest BCUT2D eigenvalue weighted by atomic mass is 35.5. The van der Waals surface area contributed by atoms with E-state index in [-0.39, 0.29) is 18.0 Å². The Labute approximate surface area is 147 Å². The van der Waals surface area contributed by atoms with E-state index in [0.29, 0.717) is 16.0 Å². The van der Waals surface area contributed by atoms with E-state index >= 15 is 0 Å². The Bertz CT molecular complexity index is 846. The van der Waals surface area contributed by atoms with E-state index in [1.165, 1.54) is 4.88 Å². The molecular weight excluding hydrogens is 353 g/mol. The number of nitrogens with zero attached hydrogens (tertiary/aromatic N) is 3. The Morgan fingerprint density at radius 2 is 2.17 bits per heavy atom. The van der Waals surface area contributed by atoms with Crippen LogP contribution in [0.4, 0.5) is 11.9 Å². The van der Waals surface area contributed by atoms with E-state index in [0.717, 1.165) is 12.0 Å². The van der Waals surface area contributed by atoms with Crippen LogP contribution in [0.3, 0.4) is 0 Å². The van der Waals surface area contributed by atoms with Gasteiger partial charge >= 0.3 is 0 Å². The van der Waals surface area contributed by atoms with Crippen LogP contribution >= 0.6 is 34.5 Å². The lowest BCUT2D eigenvalue weighted by Gasteiger charge is -2.31. The fourth-order valence-corrected chi connectivity index (χ4v) is 4.26. The van der Waals surface area contributed by atoms with E-state index in [1.54, 1.807) is 17.4 Å². The average Bonchev–Trinajstić information content (AvgIpc) is 3.14. The molecule has 0 unspecified atom stereocenters. The van der Waals surface area contributed by atoms with Crippen molar-refractivity contribution in [2.24, 2.45) is 0 Å². The second-order valence-electron chi connectivity index (χ2n) is 5.37. The minimum atomic E-state index is 0.0166. The van der Waals surface area contributed by atoms with Gasteiger partial charge in [-0.3, -0.25) is 0 Å². The minimum Gasteiger partial charge on any atom is -0.366 e. The van der Waals surface area contributed by atoms with Gasteiger partial charge in [-0.25, -0.2) is 4.68 Å². The van der Waals surface area contributed by atoms with Crippen LogP contribution in [0.15, 0.2) is 35.7 Å². The van der Waals surface area contributed by atoms with Crippen LogP contribution in [0, 0.1) is 0 Å². The molecule has 0 radical (unpaired) electrons. The van der Waals surface area contributed by atoms with Crippen LogP contribution in [0.2, 0.25) is 10.0 Å². The highest BCUT2D eigenvalue weighted by Gasteiger charge is 2.32. The Morgan fingerprint density at radius 1 is 1.30 bits per heavy atom. The number of nitrogens with two attached hydrogens (primary N) is 1. The lowest BCUT2D eigenvalue weighted by atomic mass is 9.97. The van der Waals surface area contributed by atoms with E-state index in [4.69, 9.17) is 28.9 Å². The number of benzene rings is 1. The van der Waals surface area contributed by atoms with Gasteiger partial charge in [0.25, 0.3) is 0 Å². The molecule has 0 bridgehead atoms. The van der Waals surface area contributed by atoms with Gasteiger partial charge in [0.1, 0.15) is 0 Å². The van der Waals surface area contributed by atoms with E-state index < -0.39 is 0 Å². The number of thiophene rings is 1. The van der Waals surface area contributed by atoms with Gasteiger partial charge in [-0.2, -0.15) is 4.98 Å². The second kappa shape index (κ2) is 5.70. The van der Waals surface area contributed by atoms with Crippen LogP contribution in [0.1, 0.15) is 28.9 Å². The Kier molecular flexibility index (Phi) is 3.67. The average molecular weight is 366 g/mol. The van der Waals surface area contributed by atoms with Crippen LogP contribution in [0.5, 0.6) is 0 Å². The third-order valence-corrected chi connectivity index (χ3v) is 5.45. The maximum atomic E-state index is 6.38. The molecule has 1 aliphatic heterocycles. The first kappa shape index (κ1) is 14.8. The molecule has 3 N–H and O–H groups in total.